The second kappa shape index (κ2) is 11.2. The fourth-order valence-electron chi connectivity index (χ4n) is 4.77. The average Bonchev–Trinajstić information content (AvgIpc) is 2.85. The van der Waals surface area contributed by atoms with Gasteiger partial charge in [-0.3, -0.25) is 4.79 Å². The molecule has 2 aromatic rings. The van der Waals surface area contributed by atoms with Gasteiger partial charge in [0.15, 0.2) is 0 Å². The van der Waals surface area contributed by atoms with E-state index in [2.05, 4.69) is 52.2 Å². The molecule has 1 saturated heterocycles. The Morgan fingerprint density at radius 2 is 1.71 bits per heavy atom. The van der Waals surface area contributed by atoms with Gasteiger partial charge in [-0.05, 0) is 56.4 Å². The first-order chi connectivity index (χ1) is 15.1. The number of pyridine rings is 1. The molecule has 0 unspecified atom stereocenters. The zero-order chi connectivity index (χ0) is 22.1. The van der Waals surface area contributed by atoms with Gasteiger partial charge in [0.1, 0.15) is 5.82 Å². The zero-order valence-electron chi connectivity index (χ0n) is 19.0. The predicted octanol–water partition coefficient (Wildman–Crippen LogP) is 5.62. The standard InChI is InChI=1S/C13H18N2O2.C13H19N/c1-2-13(12(16)17)6-9-15(10-7-13)11-5-3-4-8-14-11;1-14(12-8-4-2-5-9-12)13-10-6-3-7-11-13/h3-5,8H,2,6-7,9-10H2,1H3,(H,16,17);2,4-5,8-9,13H,3,6-7,10-11H2,1H3. The maximum atomic E-state index is 11.3. The Morgan fingerprint density at radius 3 is 2.26 bits per heavy atom. The summed E-state index contributed by atoms with van der Waals surface area (Å²) in [6.45, 7) is 3.51. The van der Waals surface area contributed by atoms with Gasteiger partial charge in [0.2, 0.25) is 0 Å². The van der Waals surface area contributed by atoms with Crippen molar-refractivity contribution >= 4 is 17.5 Å². The van der Waals surface area contributed by atoms with E-state index < -0.39 is 11.4 Å². The Morgan fingerprint density at radius 1 is 1.06 bits per heavy atom. The zero-order valence-corrected chi connectivity index (χ0v) is 19.0. The van der Waals surface area contributed by atoms with Crippen LogP contribution in [0, 0.1) is 5.41 Å². The number of anilines is 2. The molecule has 0 bridgehead atoms. The molecule has 0 radical (unpaired) electrons. The van der Waals surface area contributed by atoms with Crippen molar-refractivity contribution in [2.45, 2.75) is 64.3 Å². The number of hydrogen-bond donors (Lipinski definition) is 1. The molecule has 31 heavy (non-hydrogen) atoms. The maximum Gasteiger partial charge on any atom is 0.309 e. The number of nitrogens with zero attached hydrogens (tertiary/aromatic N) is 3. The van der Waals surface area contributed by atoms with Crippen LogP contribution in [0.25, 0.3) is 0 Å². The summed E-state index contributed by atoms with van der Waals surface area (Å²) in [6.07, 6.45) is 10.9. The molecular formula is C26H37N3O2. The normalized spacial score (nSPS) is 18.6. The lowest BCUT2D eigenvalue weighted by atomic mass is 9.76. The molecule has 2 aliphatic rings. The summed E-state index contributed by atoms with van der Waals surface area (Å²) in [5, 5.41) is 9.31. The topological polar surface area (TPSA) is 56.7 Å². The average molecular weight is 424 g/mol. The van der Waals surface area contributed by atoms with Crippen molar-refractivity contribution in [2.75, 3.05) is 29.9 Å². The SMILES string of the molecule is CCC1(C(=O)O)CCN(c2ccccn2)CC1.CN(c1ccccc1)C1CCCCC1. The van der Waals surface area contributed by atoms with E-state index in [1.54, 1.807) is 6.20 Å². The van der Waals surface area contributed by atoms with Crippen LogP contribution in [0.1, 0.15) is 58.3 Å². The molecule has 0 atom stereocenters. The highest BCUT2D eigenvalue weighted by molar-refractivity contribution is 5.75. The number of piperidine rings is 1. The lowest BCUT2D eigenvalue weighted by Crippen LogP contribution is -2.44. The maximum absolute atomic E-state index is 11.3. The van der Waals surface area contributed by atoms with Crippen LogP contribution in [0.4, 0.5) is 11.5 Å². The minimum Gasteiger partial charge on any atom is -0.481 e. The summed E-state index contributed by atoms with van der Waals surface area (Å²) in [4.78, 5) is 20.2. The van der Waals surface area contributed by atoms with E-state index in [0.717, 1.165) is 24.9 Å². The number of carboxylic acid groups (broad SMARTS) is 1. The first-order valence-corrected chi connectivity index (χ1v) is 11.7. The lowest BCUT2D eigenvalue weighted by Gasteiger charge is -2.38. The highest BCUT2D eigenvalue weighted by Crippen LogP contribution is 2.36. The molecule has 1 aliphatic heterocycles. The van der Waals surface area contributed by atoms with Crippen LogP contribution in [0.3, 0.4) is 0 Å². The molecule has 1 aromatic heterocycles. The summed E-state index contributed by atoms with van der Waals surface area (Å²) in [5.41, 5.74) is 0.838. The van der Waals surface area contributed by atoms with E-state index in [9.17, 15) is 9.90 Å². The van der Waals surface area contributed by atoms with Crippen molar-refractivity contribution in [2.24, 2.45) is 5.41 Å². The fraction of sp³-hybridized carbons (Fsp3) is 0.538. The Kier molecular flexibility index (Phi) is 8.33. The third kappa shape index (κ3) is 5.99. The molecule has 1 N–H and O–H groups in total. The number of aliphatic carboxylic acids is 1. The van der Waals surface area contributed by atoms with Crippen molar-refractivity contribution in [1.82, 2.24) is 4.98 Å². The first-order valence-electron chi connectivity index (χ1n) is 11.7. The minimum absolute atomic E-state index is 0.523. The molecule has 0 spiro atoms. The van der Waals surface area contributed by atoms with E-state index in [1.807, 2.05) is 25.1 Å². The molecule has 5 heteroatoms. The van der Waals surface area contributed by atoms with Crippen LogP contribution in [-0.4, -0.2) is 42.2 Å². The Bertz CT molecular complexity index is 783. The highest BCUT2D eigenvalue weighted by Gasteiger charge is 2.39. The van der Waals surface area contributed by atoms with Crippen molar-refractivity contribution in [3.63, 3.8) is 0 Å². The molecule has 5 nitrogen and oxygen atoms in total. The van der Waals surface area contributed by atoms with Crippen molar-refractivity contribution in [3.05, 3.63) is 54.7 Å². The smallest absolute Gasteiger partial charge is 0.309 e. The van der Waals surface area contributed by atoms with Gasteiger partial charge >= 0.3 is 5.97 Å². The van der Waals surface area contributed by atoms with E-state index in [-0.39, 0.29) is 0 Å². The van der Waals surface area contributed by atoms with Gasteiger partial charge in [0, 0.05) is 38.1 Å². The van der Waals surface area contributed by atoms with Crippen LogP contribution in [0.2, 0.25) is 0 Å². The van der Waals surface area contributed by atoms with E-state index in [4.69, 9.17) is 0 Å². The Labute approximate surface area is 187 Å². The van der Waals surface area contributed by atoms with Crippen LogP contribution < -0.4 is 9.80 Å². The highest BCUT2D eigenvalue weighted by atomic mass is 16.4. The molecule has 2 fully saturated rings. The molecule has 1 aromatic carbocycles. The van der Waals surface area contributed by atoms with Gasteiger partial charge < -0.3 is 14.9 Å². The number of benzene rings is 1. The Balaban J connectivity index is 0.000000179. The Hall–Kier alpha value is -2.56. The van der Waals surface area contributed by atoms with Crippen LogP contribution in [-0.2, 0) is 4.79 Å². The second-order valence-electron chi connectivity index (χ2n) is 8.85. The molecular weight excluding hydrogens is 386 g/mol. The fourth-order valence-corrected chi connectivity index (χ4v) is 4.77. The van der Waals surface area contributed by atoms with Crippen molar-refractivity contribution in [1.29, 1.82) is 0 Å². The van der Waals surface area contributed by atoms with Crippen molar-refractivity contribution in [3.8, 4) is 0 Å². The summed E-state index contributed by atoms with van der Waals surface area (Å²) < 4.78 is 0. The van der Waals surface area contributed by atoms with Gasteiger partial charge in [-0.1, -0.05) is 50.5 Å². The van der Waals surface area contributed by atoms with E-state index >= 15 is 0 Å². The number of rotatable bonds is 5. The third-order valence-corrected chi connectivity index (χ3v) is 7.11. The van der Waals surface area contributed by atoms with Gasteiger partial charge in [-0.2, -0.15) is 0 Å². The number of hydrogen-bond acceptors (Lipinski definition) is 4. The quantitative estimate of drug-likeness (QED) is 0.676. The minimum atomic E-state index is -0.652. The first kappa shape index (κ1) is 23.1. The van der Waals surface area contributed by atoms with Gasteiger partial charge in [-0.25, -0.2) is 4.98 Å². The summed E-state index contributed by atoms with van der Waals surface area (Å²) >= 11 is 0. The number of carbonyl (C=O) groups is 1. The van der Waals surface area contributed by atoms with E-state index in [0.29, 0.717) is 19.3 Å². The molecule has 2 heterocycles. The lowest BCUT2D eigenvalue weighted by molar-refractivity contribution is -0.150. The monoisotopic (exact) mass is 423 g/mol. The molecule has 1 aliphatic carbocycles. The molecule has 168 valence electrons. The van der Waals surface area contributed by atoms with Gasteiger partial charge in [-0.15, -0.1) is 0 Å². The summed E-state index contributed by atoms with van der Waals surface area (Å²) in [6, 6.07) is 17.3. The predicted molar refractivity (Wildman–Crippen MR) is 128 cm³/mol. The van der Waals surface area contributed by atoms with Crippen LogP contribution in [0.5, 0.6) is 0 Å². The van der Waals surface area contributed by atoms with Crippen LogP contribution >= 0.6 is 0 Å². The number of aromatic nitrogens is 1. The largest absolute Gasteiger partial charge is 0.481 e. The number of carboxylic acids is 1. The van der Waals surface area contributed by atoms with Gasteiger partial charge in [0.05, 0.1) is 5.41 Å². The molecule has 4 rings (SSSR count). The van der Waals surface area contributed by atoms with Crippen LogP contribution in [0.15, 0.2) is 54.7 Å². The summed E-state index contributed by atoms with van der Waals surface area (Å²) in [7, 11) is 2.23. The number of para-hydroxylation sites is 1. The molecule has 1 saturated carbocycles. The summed E-state index contributed by atoms with van der Waals surface area (Å²) in [5.74, 6) is 0.295. The van der Waals surface area contributed by atoms with Gasteiger partial charge in [0.25, 0.3) is 0 Å². The molecule has 0 amide bonds. The second-order valence-corrected chi connectivity index (χ2v) is 8.85. The third-order valence-electron chi connectivity index (χ3n) is 7.11. The van der Waals surface area contributed by atoms with E-state index in [1.165, 1.54) is 37.8 Å². The van der Waals surface area contributed by atoms with Crippen molar-refractivity contribution < 1.29 is 9.90 Å².